The van der Waals surface area contributed by atoms with E-state index in [4.69, 9.17) is 11.2 Å². The van der Waals surface area contributed by atoms with Crippen molar-refractivity contribution in [2.24, 2.45) is 0 Å². The van der Waals surface area contributed by atoms with Crippen molar-refractivity contribution in [3.8, 4) is 12.3 Å². The van der Waals surface area contributed by atoms with Crippen LogP contribution in [0.15, 0.2) is 84.9 Å². The number of ether oxygens (including phenoxy) is 1. The molecule has 2 N–H and O–H groups in total. The first-order valence-corrected chi connectivity index (χ1v) is 14.3. The predicted octanol–water partition coefficient (Wildman–Crippen LogP) is 5.79. The SMILES string of the molecule is C#Cc1ccccc1C(C(=O)NCc1ccccc1)N(CCCC)C(=O)C(Cc1ccccc1)NC(=O)OC(C)(C)C. The van der Waals surface area contributed by atoms with Crippen LogP contribution in [0.5, 0.6) is 0 Å². The van der Waals surface area contributed by atoms with Crippen LogP contribution in [-0.2, 0) is 27.3 Å². The summed E-state index contributed by atoms with van der Waals surface area (Å²) >= 11 is 0. The van der Waals surface area contributed by atoms with Crippen molar-refractivity contribution < 1.29 is 19.1 Å². The molecule has 220 valence electrons. The number of hydrogen-bond acceptors (Lipinski definition) is 4. The van der Waals surface area contributed by atoms with Gasteiger partial charge in [0.2, 0.25) is 11.8 Å². The number of terminal acetylenes is 1. The van der Waals surface area contributed by atoms with Crippen molar-refractivity contribution in [2.45, 2.75) is 71.2 Å². The zero-order chi connectivity index (χ0) is 30.5. The summed E-state index contributed by atoms with van der Waals surface area (Å²) in [6.07, 6.45) is 6.81. The molecule has 0 bridgehead atoms. The molecule has 7 nitrogen and oxygen atoms in total. The summed E-state index contributed by atoms with van der Waals surface area (Å²) in [5.74, 6) is 1.92. The largest absolute Gasteiger partial charge is 0.444 e. The maximum atomic E-state index is 14.5. The smallest absolute Gasteiger partial charge is 0.408 e. The van der Waals surface area contributed by atoms with E-state index in [0.29, 0.717) is 24.1 Å². The number of amides is 3. The van der Waals surface area contributed by atoms with E-state index in [1.807, 2.05) is 67.6 Å². The summed E-state index contributed by atoms with van der Waals surface area (Å²) in [7, 11) is 0. The Bertz CT molecular complexity index is 1360. The molecule has 0 heterocycles. The second-order valence-corrected chi connectivity index (χ2v) is 11.1. The number of nitrogens with zero attached hydrogens (tertiary/aromatic N) is 1. The van der Waals surface area contributed by atoms with E-state index in [0.717, 1.165) is 17.5 Å². The van der Waals surface area contributed by atoms with Gasteiger partial charge >= 0.3 is 6.09 Å². The number of unbranched alkanes of at least 4 members (excludes halogenated alkanes) is 1. The fraction of sp³-hybridized carbons (Fsp3) is 0.343. The third-order valence-corrected chi connectivity index (χ3v) is 6.59. The minimum atomic E-state index is -1.02. The van der Waals surface area contributed by atoms with Crippen molar-refractivity contribution >= 4 is 17.9 Å². The van der Waals surface area contributed by atoms with Crippen LogP contribution < -0.4 is 10.6 Å². The number of carbonyl (C=O) groups is 3. The van der Waals surface area contributed by atoms with Gasteiger partial charge in [0.1, 0.15) is 17.7 Å². The highest BCUT2D eigenvalue weighted by Crippen LogP contribution is 2.27. The Balaban J connectivity index is 2.04. The Labute approximate surface area is 249 Å². The molecule has 3 aromatic rings. The fourth-order valence-electron chi connectivity index (χ4n) is 4.59. The molecule has 2 atom stereocenters. The molecule has 3 amide bonds. The molecular formula is C35H41N3O4. The summed E-state index contributed by atoms with van der Waals surface area (Å²) in [6, 6.07) is 24.1. The molecule has 0 radical (unpaired) electrons. The van der Waals surface area contributed by atoms with Crippen LogP contribution in [0.3, 0.4) is 0 Å². The van der Waals surface area contributed by atoms with Gasteiger partial charge in [-0.1, -0.05) is 98.1 Å². The highest BCUT2D eigenvalue weighted by Gasteiger charge is 2.37. The van der Waals surface area contributed by atoms with Crippen LogP contribution in [0.25, 0.3) is 0 Å². The molecule has 0 aliphatic heterocycles. The Morgan fingerprint density at radius 3 is 2.10 bits per heavy atom. The van der Waals surface area contributed by atoms with Crippen LogP contribution >= 0.6 is 0 Å². The van der Waals surface area contributed by atoms with Crippen LogP contribution in [0.2, 0.25) is 0 Å². The third kappa shape index (κ3) is 9.52. The van der Waals surface area contributed by atoms with Gasteiger partial charge in [-0.05, 0) is 49.9 Å². The zero-order valence-corrected chi connectivity index (χ0v) is 24.9. The van der Waals surface area contributed by atoms with Gasteiger partial charge in [-0.3, -0.25) is 9.59 Å². The average Bonchev–Trinajstić information content (AvgIpc) is 2.97. The summed E-state index contributed by atoms with van der Waals surface area (Å²) in [5.41, 5.74) is 2.10. The normalized spacial score (nSPS) is 12.4. The molecule has 3 aromatic carbocycles. The minimum absolute atomic E-state index is 0.219. The predicted molar refractivity (Wildman–Crippen MR) is 165 cm³/mol. The van der Waals surface area contributed by atoms with E-state index in [9.17, 15) is 14.4 Å². The van der Waals surface area contributed by atoms with Gasteiger partial charge in [-0.15, -0.1) is 6.42 Å². The Kier molecular flexibility index (Phi) is 11.7. The first kappa shape index (κ1) is 32.0. The van der Waals surface area contributed by atoms with Crippen LogP contribution in [0.4, 0.5) is 4.79 Å². The molecule has 0 spiro atoms. The number of hydrogen-bond donors (Lipinski definition) is 2. The highest BCUT2D eigenvalue weighted by atomic mass is 16.6. The first-order chi connectivity index (χ1) is 20.1. The van der Waals surface area contributed by atoms with E-state index in [1.165, 1.54) is 0 Å². The summed E-state index contributed by atoms with van der Waals surface area (Å²) in [6.45, 7) is 7.88. The lowest BCUT2D eigenvalue weighted by Gasteiger charge is -2.35. The molecule has 7 heteroatoms. The standard InChI is InChI=1S/C35H41N3O4/c1-6-8-23-38(33(40)30(24-26-17-11-9-12-18-26)37-34(41)42-35(3,4)5)31(29-22-16-15-21-28(29)7-2)32(39)36-25-27-19-13-10-14-20-27/h2,9-22,30-31H,6,8,23-25H2,1,3-5H3,(H,36,39)(H,37,41). The Morgan fingerprint density at radius 1 is 0.905 bits per heavy atom. The molecule has 0 aromatic heterocycles. The van der Waals surface area contributed by atoms with E-state index in [2.05, 4.69) is 16.6 Å². The molecule has 0 fully saturated rings. The van der Waals surface area contributed by atoms with E-state index in [-0.39, 0.29) is 18.9 Å². The van der Waals surface area contributed by atoms with Crippen molar-refractivity contribution in [3.05, 3.63) is 107 Å². The maximum Gasteiger partial charge on any atom is 0.408 e. The number of carbonyl (C=O) groups excluding carboxylic acids is 3. The number of alkyl carbamates (subject to hydrolysis) is 1. The molecule has 42 heavy (non-hydrogen) atoms. The maximum absolute atomic E-state index is 14.5. The van der Waals surface area contributed by atoms with E-state index >= 15 is 0 Å². The van der Waals surface area contributed by atoms with Gasteiger partial charge in [-0.2, -0.15) is 0 Å². The van der Waals surface area contributed by atoms with Crippen molar-refractivity contribution in [2.75, 3.05) is 6.54 Å². The van der Waals surface area contributed by atoms with Crippen molar-refractivity contribution in [1.29, 1.82) is 0 Å². The third-order valence-electron chi connectivity index (χ3n) is 6.59. The van der Waals surface area contributed by atoms with Crippen molar-refractivity contribution in [1.82, 2.24) is 15.5 Å². The Hall–Kier alpha value is -4.57. The number of benzene rings is 3. The number of nitrogens with one attached hydrogen (secondary N) is 2. The van der Waals surface area contributed by atoms with E-state index < -0.39 is 29.7 Å². The average molecular weight is 568 g/mol. The van der Waals surface area contributed by atoms with Gasteiger partial charge in [-0.25, -0.2) is 4.79 Å². The lowest BCUT2D eigenvalue weighted by atomic mass is 9.96. The van der Waals surface area contributed by atoms with Gasteiger partial charge in [0, 0.05) is 25.1 Å². The summed E-state index contributed by atoms with van der Waals surface area (Å²) < 4.78 is 5.51. The topological polar surface area (TPSA) is 87.7 Å². The van der Waals surface area contributed by atoms with Gasteiger partial charge in [0.25, 0.3) is 0 Å². The molecule has 0 aliphatic carbocycles. The molecule has 3 rings (SSSR count). The zero-order valence-electron chi connectivity index (χ0n) is 24.9. The molecular weight excluding hydrogens is 526 g/mol. The molecule has 2 unspecified atom stereocenters. The van der Waals surface area contributed by atoms with Gasteiger partial charge < -0.3 is 20.3 Å². The lowest BCUT2D eigenvalue weighted by molar-refractivity contribution is -0.142. The van der Waals surface area contributed by atoms with Gasteiger partial charge in [0.05, 0.1) is 0 Å². The number of rotatable bonds is 12. The van der Waals surface area contributed by atoms with Gasteiger partial charge in [0.15, 0.2) is 0 Å². The summed E-state index contributed by atoms with van der Waals surface area (Å²) in [5, 5.41) is 5.79. The second kappa shape index (κ2) is 15.4. The molecule has 0 aliphatic rings. The minimum Gasteiger partial charge on any atom is -0.444 e. The first-order valence-electron chi connectivity index (χ1n) is 14.3. The highest BCUT2D eigenvalue weighted by molar-refractivity contribution is 5.92. The van der Waals surface area contributed by atoms with Crippen LogP contribution in [0, 0.1) is 12.3 Å². The molecule has 0 saturated heterocycles. The quantitative estimate of drug-likeness (QED) is 0.271. The Morgan fingerprint density at radius 2 is 1.50 bits per heavy atom. The second-order valence-electron chi connectivity index (χ2n) is 11.1. The monoisotopic (exact) mass is 567 g/mol. The van der Waals surface area contributed by atoms with Crippen LogP contribution in [0.1, 0.15) is 68.8 Å². The fourth-order valence-corrected chi connectivity index (χ4v) is 4.59. The van der Waals surface area contributed by atoms with Crippen molar-refractivity contribution in [3.63, 3.8) is 0 Å². The molecule has 0 saturated carbocycles. The van der Waals surface area contributed by atoms with Crippen LogP contribution in [-0.4, -0.2) is 41.0 Å². The lowest BCUT2D eigenvalue weighted by Crippen LogP contribution is -2.54. The van der Waals surface area contributed by atoms with E-state index in [1.54, 1.807) is 49.9 Å². The summed E-state index contributed by atoms with van der Waals surface area (Å²) in [4.78, 5) is 42.9.